The normalized spacial score (nSPS) is 13.8. The number of fused-ring (bicyclic) bond motifs is 1. The lowest BCUT2D eigenvalue weighted by Gasteiger charge is -2.30. The average molecular weight is 412 g/mol. The van der Waals surface area contributed by atoms with Gasteiger partial charge < -0.3 is 9.64 Å². The molecule has 4 aromatic rings. The second-order valence-corrected chi connectivity index (χ2v) is 7.97. The van der Waals surface area contributed by atoms with E-state index in [0.717, 1.165) is 40.8 Å². The molecule has 1 saturated heterocycles. The lowest BCUT2D eigenvalue weighted by molar-refractivity contribution is 0.183. The minimum Gasteiger partial charge on any atom is -0.489 e. The highest BCUT2D eigenvalue weighted by Gasteiger charge is 2.13. The Morgan fingerprint density at radius 2 is 1.81 bits per heavy atom. The van der Waals surface area contributed by atoms with Crippen LogP contribution in [0.3, 0.4) is 0 Å². The van der Waals surface area contributed by atoms with E-state index in [1.54, 1.807) is 10.8 Å². The molecule has 1 aliphatic heterocycles. The van der Waals surface area contributed by atoms with E-state index in [9.17, 15) is 4.79 Å². The van der Waals surface area contributed by atoms with Gasteiger partial charge in [-0.2, -0.15) is 0 Å². The summed E-state index contributed by atoms with van der Waals surface area (Å²) >= 11 is 0. The number of benzene rings is 2. The molecule has 5 rings (SSSR count). The SMILES string of the molecule is O=c1cc(OCc2ccccc2)ccn1-c1ccc2nc(CCN3CCC3)ccc2c1. The standard InChI is InChI=1S/C26H25N3O2/c30-26-18-24(31-19-20-5-2-1-3-6-20)12-16-29(26)23-9-10-25-21(17-23)7-8-22(27-25)11-15-28-13-4-14-28/h1-3,5-10,12,16-18H,4,11,13-15,19H2. The van der Waals surface area contributed by atoms with Gasteiger partial charge in [0.05, 0.1) is 5.52 Å². The summed E-state index contributed by atoms with van der Waals surface area (Å²) in [6.07, 6.45) is 4.05. The van der Waals surface area contributed by atoms with Crippen molar-refractivity contribution in [2.75, 3.05) is 19.6 Å². The molecule has 0 radical (unpaired) electrons. The number of hydrogen-bond acceptors (Lipinski definition) is 4. The molecule has 1 fully saturated rings. The molecule has 0 atom stereocenters. The van der Waals surface area contributed by atoms with Crippen molar-refractivity contribution in [3.05, 3.63) is 101 Å². The molecule has 5 heteroatoms. The second kappa shape index (κ2) is 8.74. The Kier molecular flexibility index (Phi) is 5.50. The van der Waals surface area contributed by atoms with Gasteiger partial charge in [0.25, 0.3) is 5.56 Å². The zero-order valence-corrected chi connectivity index (χ0v) is 17.4. The Balaban J connectivity index is 1.31. The quantitative estimate of drug-likeness (QED) is 0.457. The van der Waals surface area contributed by atoms with E-state index in [2.05, 4.69) is 17.0 Å². The molecule has 2 aromatic carbocycles. The molecule has 1 aliphatic rings. The number of rotatable bonds is 7. The van der Waals surface area contributed by atoms with Crippen molar-refractivity contribution >= 4 is 10.9 Å². The van der Waals surface area contributed by atoms with Crippen LogP contribution in [0.4, 0.5) is 0 Å². The van der Waals surface area contributed by atoms with Gasteiger partial charge in [0.2, 0.25) is 0 Å². The van der Waals surface area contributed by atoms with E-state index in [-0.39, 0.29) is 5.56 Å². The lowest BCUT2D eigenvalue weighted by Crippen LogP contribution is -2.38. The van der Waals surface area contributed by atoms with Crippen LogP contribution in [0.25, 0.3) is 16.6 Å². The average Bonchev–Trinajstić information content (AvgIpc) is 2.77. The molecule has 156 valence electrons. The van der Waals surface area contributed by atoms with E-state index < -0.39 is 0 Å². The first-order valence-electron chi connectivity index (χ1n) is 10.8. The summed E-state index contributed by atoms with van der Waals surface area (Å²) in [6, 6.07) is 23.4. The highest BCUT2D eigenvalue weighted by atomic mass is 16.5. The van der Waals surface area contributed by atoms with Crippen molar-refractivity contribution in [3.63, 3.8) is 0 Å². The van der Waals surface area contributed by atoms with Gasteiger partial charge in [-0.25, -0.2) is 0 Å². The maximum Gasteiger partial charge on any atom is 0.258 e. The molecule has 2 aromatic heterocycles. The molecule has 0 spiro atoms. The van der Waals surface area contributed by atoms with Crippen LogP contribution in [0, 0.1) is 0 Å². The van der Waals surface area contributed by atoms with Gasteiger partial charge in [-0.05, 0) is 55.4 Å². The largest absolute Gasteiger partial charge is 0.489 e. The monoisotopic (exact) mass is 411 g/mol. The second-order valence-electron chi connectivity index (χ2n) is 7.97. The van der Waals surface area contributed by atoms with E-state index in [4.69, 9.17) is 9.72 Å². The van der Waals surface area contributed by atoms with Crippen molar-refractivity contribution in [2.45, 2.75) is 19.4 Å². The Morgan fingerprint density at radius 1 is 0.935 bits per heavy atom. The van der Waals surface area contributed by atoms with Gasteiger partial charge in [0.15, 0.2) is 0 Å². The summed E-state index contributed by atoms with van der Waals surface area (Å²) in [5, 5.41) is 1.03. The minimum absolute atomic E-state index is 0.121. The minimum atomic E-state index is -0.121. The molecule has 0 N–H and O–H groups in total. The first-order chi connectivity index (χ1) is 15.2. The fourth-order valence-corrected chi connectivity index (χ4v) is 3.83. The van der Waals surface area contributed by atoms with Crippen LogP contribution in [0.2, 0.25) is 0 Å². The van der Waals surface area contributed by atoms with Crippen LogP contribution >= 0.6 is 0 Å². The van der Waals surface area contributed by atoms with Crippen LogP contribution in [0.5, 0.6) is 5.75 Å². The molecule has 3 heterocycles. The zero-order valence-electron chi connectivity index (χ0n) is 17.4. The third-order valence-electron chi connectivity index (χ3n) is 5.78. The smallest absolute Gasteiger partial charge is 0.258 e. The first-order valence-corrected chi connectivity index (χ1v) is 10.8. The van der Waals surface area contributed by atoms with Crippen molar-refractivity contribution in [3.8, 4) is 11.4 Å². The van der Waals surface area contributed by atoms with Crippen molar-refractivity contribution < 1.29 is 4.74 Å². The molecule has 0 unspecified atom stereocenters. The molecule has 5 nitrogen and oxygen atoms in total. The molecular weight excluding hydrogens is 386 g/mol. The van der Waals surface area contributed by atoms with Gasteiger partial charge in [0.1, 0.15) is 12.4 Å². The van der Waals surface area contributed by atoms with Crippen LogP contribution in [-0.2, 0) is 13.0 Å². The summed E-state index contributed by atoms with van der Waals surface area (Å²) in [6.45, 7) is 3.93. The maximum atomic E-state index is 12.7. The number of hydrogen-bond donors (Lipinski definition) is 0. The number of pyridine rings is 2. The van der Waals surface area contributed by atoms with Crippen LogP contribution in [-0.4, -0.2) is 34.1 Å². The first kappa shape index (κ1) is 19.5. The third kappa shape index (κ3) is 4.52. The molecule has 0 saturated carbocycles. The highest BCUT2D eigenvalue weighted by molar-refractivity contribution is 5.81. The predicted octanol–water partition coefficient (Wildman–Crippen LogP) is 4.21. The predicted molar refractivity (Wildman–Crippen MR) is 123 cm³/mol. The van der Waals surface area contributed by atoms with E-state index in [0.29, 0.717) is 12.4 Å². The van der Waals surface area contributed by atoms with Gasteiger partial charge in [-0.15, -0.1) is 0 Å². The van der Waals surface area contributed by atoms with Crippen molar-refractivity contribution in [1.82, 2.24) is 14.5 Å². The number of likely N-dealkylation sites (tertiary alicyclic amines) is 1. The molecule has 0 bridgehead atoms. The van der Waals surface area contributed by atoms with Crippen LogP contribution in [0.15, 0.2) is 83.8 Å². The highest BCUT2D eigenvalue weighted by Crippen LogP contribution is 2.19. The van der Waals surface area contributed by atoms with Crippen molar-refractivity contribution in [2.24, 2.45) is 0 Å². The van der Waals surface area contributed by atoms with Gasteiger partial charge in [0, 0.05) is 42.0 Å². The number of ether oxygens (including phenoxy) is 1. The summed E-state index contributed by atoms with van der Waals surface area (Å²) in [4.78, 5) is 19.9. The number of nitrogens with zero attached hydrogens (tertiary/aromatic N) is 3. The summed E-state index contributed by atoms with van der Waals surface area (Å²) in [5.41, 5.74) is 3.84. The summed E-state index contributed by atoms with van der Waals surface area (Å²) in [7, 11) is 0. The number of aromatic nitrogens is 2. The lowest BCUT2D eigenvalue weighted by atomic mass is 10.1. The van der Waals surface area contributed by atoms with Crippen LogP contribution < -0.4 is 10.3 Å². The van der Waals surface area contributed by atoms with Crippen molar-refractivity contribution in [1.29, 1.82) is 0 Å². The summed E-state index contributed by atoms with van der Waals surface area (Å²) < 4.78 is 7.40. The Labute approximate surface area is 181 Å². The van der Waals surface area contributed by atoms with Gasteiger partial charge >= 0.3 is 0 Å². The Hall–Kier alpha value is -3.44. The third-order valence-corrected chi connectivity index (χ3v) is 5.78. The fraction of sp³-hybridized carbons (Fsp3) is 0.231. The Morgan fingerprint density at radius 3 is 2.58 bits per heavy atom. The topological polar surface area (TPSA) is 47.4 Å². The van der Waals surface area contributed by atoms with Gasteiger partial charge in [-0.1, -0.05) is 36.4 Å². The molecule has 0 aliphatic carbocycles. The van der Waals surface area contributed by atoms with E-state index in [1.807, 2.05) is 54.6 Å². The van der Waals surface area contributed by atoms with Gasteiger partial charge in [-0.3, -0.25) is 14.3 Å². The maximum absolute atomic E-state index is 12.7. The molecule has 0 amide bonds. The summed E-state index contributed by atoms with van der Waals surface area (Å²) in [5.74, 6) is 0.569. The zero-order chi connectivity index (χ0) is 21.0. The van der Waals surface area contributed by atoms with Crippen LogP contribution in [0.1, 0.15) is 17.7 Å². The Bertz CT molecular complexity index is 1250. The molecular formula is C26H25N3O2. The van der Waals surface area contributed by atoms with E-state index >= 15 is 0 Å². The molecule has 31 heavy (non-hydrogen) atoms. The fourth-order valence-electron chi connectivity index (χ4n) is 3.83. The van der Waals surface area contributed by atoms with E-state index in [1.165, 1.54) is 25.6 Å².